The van der Waals surface area contributed by atoms with Gasteiger partial charge < -0.3 is 19.8 Å². The molecule has 0 radical (unpaired) electrons. The fraction of sp³-hybridized carbons (Fsp3) is 0.269. The van der Waals surface area contributed by atoms with Gasteiger partial charge in [-0.2, -0.15) is 0 Å². The molecule has 7 heteroatoms. The summed E-state index contributed by atoms with van der Waals surface area (Å²) in [6.07, 6.45) is 5.47. The minimum atomic E-state index is -0.518. The van der Waals surface area contributed by atoms with E-state index in [1.807, 2.05) is 57.2 Å². The Kier molecular flexibility index (Phi) is 6.58. The molecule has 1 amide bonds. The number of nitrogens with zero attached hydrogens (tertiary/aromatic N) is 2. The van der Waals surface area contributed by atoms with E-state index in [-0.39, 0.29) is 0 Å². The first-order chi connectivity index (χ1) is 15.9. The van der Waals surface area contributed by atoms with Gasteiger partial charge in [0.15, 0.2) is 0 Å². The lowest BCUT2D eigenvalue weighted by Crippen LogP contribution is -2.33. The predicted octanol–water partition coefficient (Wildman–Crippen LogP) is 5.59. The molecule has 7 nitrogen and oxygen atoms in total. The van der Waals surface area contributed by atoms with Gasteiger partial charge in [-0.3, -0.25) is 9.97 Å². The number of aromatic nitrogens is 3. The molecule has 0 spiro atoms. The van der Waals surface area contributed by atoms with E-state index in [1.54, 1.807) is 18.6 Å². The van der Waals surface area contributed by atoms with Crippen LogP contribution in [0.1, 0.15) is 27.2 Å². The lowest BCUT2D eigenvalue weighted by Gasteiger charge is -2.19. The number of H-pyrrole nitrogens is 1. The fourth-order valence-electron chi connectivity index (χ4n) is 3.57. The summed E-state index contributed by atoms with van der Waals surface area (Å²) in [5.74, 6) is 0.665. The summed E-state index contributed by atoms with van der Waals surface area (Å²) in [5.41, 5.74) is 5.27. The van der Waals surface area contributed by atoms with E-state index in [0.29, 0.717) is 25.3 Å². The minimum Gasteiger partial charge on any atom is -0.491 e. The number of benzene rings is 1. The number of pyridine rings is 2. The second-order valence-corrected chi connectivity index (χ2v) is 8.64. The van der Waals surface area contributed by atoms with Crippen LogP contribution in [0.2, 0.25) is 0 Å². The van der Waals surface area contributed by atoms with Gasteiger partial charge in [0.2, 0.25) is 0 Å². The van der Waals surface area contributed by atoms with Crippen LogP contribution in [0.5, 0.6) is 5.75 Å². The number of carbonyl (C=O) groups excluding carboxylic acids is 1. The molecule has 0 saturated carbocycles. The third-order valence-electron chi connectivity index (χ3n) is 4.92. The van der Waals surface area contributed by atoms with Gasteiger partial charge in [0.25, 0.3) is 0 Å². The van der Waals surface area contributed by atoms with E-state index in [2.05, 4.69) is 32.4 Å². The molecule has 0 aliphatic heterocycles. The van der Waals surface area contributed by atoms with Gasteiger partial charge in [-0.05, 0) is 51.0 Å². The average Bonchev–Trinajstić information content (AvgIpc) is 3.18. The largest absolute Gasteiger partial charge is 0.491 e. The van der Waals surface area contributed by atoms with Crippen LogP contribution in [-0.2, 0) is 4.74 Å². The van der Waals surface area contributed by atoms with E-state index in [1.165, 1.54) is 0 Å². The monoisotopic (exact) mass is 444 g/mol. The molecular formula is C26H28N4O3. The Hall–Kier alpha value is -3.87. The molecule has 0 atom stereocenters. The van der Waals surface area contributed by atoms with Crippen molar-refractivity contribution in [3.8, 4) is 28.1 Å². The third kappa shape index (κ3) is 5.49. The van der Waals surface area contributed by atoms with E-state index in [0.717, 1.165) is 33.4 Å². The number of hydrogen-bond acceptors (Lipinski definition) is 5. The van der Waals surface area contributed by atoms with Crippen molar-refractivity contribution in [1.29, 1.82) is 0 Å². The molecule has 3 aromatic heterocycles. The predicted molar refractivity (Wildman–Crippen MR) is 129 cm³/mol. The van der Waals surface area contributed by atoms with Gasteiger partial charge in [0, 0.05) is 30.1 Å². The summed E-state index contributed by atoms with van der Waals surface area (Å²) in [7, 11) is 0. The highest BCUT2D eigenvalue weighted by Crippen LogP contribution is 2.40. The van der Waals surface area contributed by atoms with Gasteiger partial charge in [-0.1, -0.05) is 30.3 Å². The summed E-state index contributed by atoms with van der Waals surface area (Å²) in [6.45, 7) is 6.39. The molecule has 33 heavy (non-hydrogen) atoms. The van der Waals surface area contributed by atoms with Crippen molar-refractivity contribution in [3.63, 3.8) is 0 Å². The molecule has 0 fully saturated rings. The maximum atomic E-state index is 11.8. The van der Waals surface area contributed by atoms with E-state index < -0.39 is 11.7 Å². The van der Waals surface area contributed by atoms with Gasteiger partial charge in [-0.15, -0.1) is 0 Å². The van der Waals surface area contributed by atoms with Crippen LogP contribution in [0.15, 0.2) is 67.1 Å². The summed E-state index contributed by atoms with van der Waals surface area (Å²) < 4.78 is 11.3. The van der Waals surface area contributed by atoms with Crippen molar-refractivity contribution in [3.05, 3.63) is 67.1 Å². The molecule has 0 aliphatic rings. The van der Waals surface area contributed by atoms with Crippen LogP contribution in [0.25, 0.3) is 33.4 Å². The molecule has 0 aliphatic carbocycles. The van der Waals surface area contributed by atoms with Crippen molar-refractivity contribution in [2.45, 2.75) is 32.8 Å². The average molecular weight is 445 g/mol. The Morgan fingerprint density at radius 2 is 1.88 bits per heavy atom. The number of ether oxygens (including phenoxy) is 2. The normalized spacial score (nSPS) is 11.4. The summed E-state index contributed by atoms with van der Waals surface area (Å²) in [4.78, 5) is 24.2. The standard InChI is InChI=1S/C26H28N4O3/c1-26(2,3)33-25(31)29-14-8-16-32-21-17-27-15-12-19(21)23-22(18-9-5-4-6-10-18)24-20(30-23)11-7-13-28-24/h4-7,9-13,15,17,30H,8,14,16H2,1-3H3,(H,29,31). The molecule has 0 bridgehead atoms. The van der Waals surface area contributed by atoms with E-state index >= 15 is 0 Å². The molecule has 4 rings (SSSR count). The molecule has 1 aromatic carbocycles. The highest BCUT2D eigenvalue weighted by Gasteiger charge is 2.19. The molecule has 0 unspecified atom stereocenters. The Bertz CT molecular complexity index is 1230. The van der Waals surface area contributed by atoms with Crippen LogP contribution < -0.4 is 10.1 Å². The quantitative estimate of drug-likeness (QED) is 0.363. The minimum absolute atomic E-state index is 0.424. The van der Waals surface area contributed by atoms with Crippen LogP contribution in [0, 0.1) is 0 Å². The Balaban J connectivity index is 1.53. The number of fused-ring (bicyclic) bond motifs is 1. The van der Waals surface area contributed by atoms with Crippen molar-refractivity contribution in [2.75, 3.05) is 13.2 Å². The highest BCUT2D eigenvalue weighted by molar-refractivity contribution is 6.02. The third-order valence-corrected chi connectivity index (χ3v) is 4.92. The van der Waals surface area contributed by atoms with Gasteiger partial charge in [0.05, 0.1) is 29.5 Å². The van der Waals surface area contributed by atoms with Crippen LogP contribution >= 0.6 is 0 Å². The maximum Gasteiger partial charge on any atom is 0.407 e. The molecule has 2 N–H and O–H groups in total. The van der Waals surface area contributed by atoms with E-state index in [9.17, 15) is 4.79 Å². The zero-order valence-electron chi connectivity index (χ0n) is 19.1. The number of hydrogen-bond donors (Lipinski definition) is 2. The van der Waals surface area contributed by atoms with Gasteiger partial charge >= 0.3 is 6.09 Å². The number of nitrogens with one attached hydrogen (secondary N) is 2. The highest BCUT2D eigenvalue weighted by atomic mass is 16.6. The Morgan fingerprint density at radius 3 is 2.67 bits per heavy atom. The number of alkyl carbamates (subject to hydrolysis) is 1. The van der Waals surface area contributed by atoms with Crippen LogP contribution in [0.4, 0.5) is 4.79 Å². The zero-order valence-corrected chi connectivity index (χ0v) is 19.1. The SMILES string of the molecule is CC(C)(C)OC(=O)NCCCOc1cnccc1-c1[nH]c2cccnc2c1-c1ccccc1. The first-order valence-electron chi connectivity index (χ1n) is 11.0. The zero-order chi connectivity index (χ0) is 23.3. The lowest BCUT2D eigenvalue weighted by atomic mass is 10.0. The molecule has 0 saturated heterocycles. The van der Waals surface area contributed by atoms with Crippen molar-refractivity contribution < 1.29 is 14.3 Å². The molecule has 170 valence electrons. The summed E-state index contributed by atoms with van der Waals surface area (Å²) in [5, 5.41) is 2.75. The van der Waals surface area contributed by atoms with Crippen LogP contribution in [0.3, 0.4) is 0 Å². The second-order valence-electron chi connectivity index (χ2n) is 8.64. The van der Waals surface area contributed by atoms with Gasteiger partial charge in [0.1, 0.15) is 11.4 Å². The Morgan fingerprint density at radius 1 is 1.06 bits per heavy atom. The van der Waals surface area contributed by atoms with E-state index in [4.69, 9.17) is 9.47 Å². The smallest absolute Gasteiger partial charge is 0.407 e. The van der Waals surface area contributed by atoms with Crippen molar-refractivity contribution in [1.82, 2.24) is 20.3 Å². The number of amides is 1. The number of rotatable bonds is 7. The fourth-order valence-corrected chi connectivity index (χ4v) is 3.57. The number of aromatic amines is 1. The number of carbonyl (C=O) groups is 1. The second kappa shape index (κ2) is 9.73. The first kappa shape index (κ1) is 22.3. The summed E-state index contributed by atoms with van der Waals surface area (Å²) in [6, 6.07) is 16.0. The maximum absolute atomic E-state index is 11.8. The lowest BCUT2D eigenvalue weighted by molar-refractivity contribution is 0.0525. The van der Waals surface area contributed by atoms with Gasteiger partial charge in [-0.25, -0.2) is 4.79 Å². The topological polar surface area (TPSA) is 89.1 Å². The first-order valence-corrected chi connectivity index (χ1v) is 11.0. The Labute approximate surface area is 193 Å². The van der Waals surface area contributed by atoms with Crippen molar-refractivity contribution >= 4 is 17.1 Å². The summed E-state index contributed by atoms with van der Waals surface area (Å²) >= 11 is 0. The molecule has 4 aromatic rings. The molecule has 3 heterocycles. The van der Waals surface area contributed by atoms with Crippen molar-refractivity contribution in [2.24, 2.45) is 0 Å². The molecular weight excluding hydrogens is 416 g/mol. The van der Waals surface area contributed by atoms with Crippen LogP contribution in [-0.4, -0.2) is 39.8 Å².